The number of hydrogen-bond acceptors (Lipinski definition) is 2. The van der Waals surface area contributed by atoms with Crippen LogP contribution in [0.2, 0.25) is 0 Å². The van der Waals surface area contributed by atoms with Crippen molar-refractivity contribution in [3.05, 3.63) is 0 Å². The van der Waals surface area contributed by atoms with E-state index >= 15 is 0 Å². The van der Waals surface area contributed by atoms with Gasteiger partial charge in [0, 0.05) is 18.1 Å². The maximum Gasteiger partial charge on any atom is 0.00980 e. The molecular weight excluding hydrogens is 244 g/mol. The zero-order chi connectivity index (χ0) is 15.0. The second kappa shape index (κ2) is 9.78. The molecular formula is C18H38N2. The van der Waals surface area contributed by atoms with E-state index in [1.807, 2.05) is 0 Å². The fraction of sp³-hybridized carbons (Fsp3) is 1.00. The molecule has 20 heavy (non-hydrogen) atoms. The quantitative estimate of drug-likeness (QED) is 0.637. The Bertz CT molecular complexity index is 234. The summed E-state index contributed by atoms with van der Waals surface area (Å²) in [4.78, 5) is 2.83. The lowest BCUT2D eigenvalue weighted by molar-refractivity contribution is 0.124. The second-order valence-corrected chi connectivity index (χ2v) is 7.30. The van der Waals surface area contributed by atoms with Gasteiger partial charge in [-0.25, -0.2) is 0 Å². The SMILES string of the molecule is CCCNC(C)CC(C)N(CCC(C)C)C1CCCC1. The Balaban J connectivity index is 2.47. The molecule has 0 radical (unpaired) electrons. The summed E-state index contributed by atoms with van der Waals surface area (Å²) >= 11 is 0. The van der Waals surface area contributed by atoms with Crippen LogP contribution in [-0.4, -0.2) is 36.1 Å². The molecule has 2 atom stereocenters. The van der Waals surface area contributed by atoms with Crippen LogP contribution >= 0.6 is 0 Å². The number of nitrogens with one attached hydrogen (secondary N) is 1. The summed E-state index contributed by atoms with van der Waals surface area (Å²) in [5.74, 6) is 0.821. The van der Waals surface area contributed by atoms with Gasteiger partial charge in [0.1, 0.15) is 0 Å². The zero-order valence-corrected chi connectivity index (χ0v) is 14.6. The number of hydrogen-bond donors (Lipinski definition) is 1. The monoisotopic (exact) mass is 282 g/mol. The Hall–Kier alpha value is -0.0800. The van der Waals surface area contributed by atoms with Crippen LogP contribution in [0.5, 0.6) is 0 Å². The molecule has 1 N–H and O–H groups in total. The first-order valence-electron chi connectivity index (χ1n) is 9.03. The second-order valence-electron chi connectivity index (χ2n) is 7.30. The number of nitrogens with zero attached hydrogens (tertiary/aromatic N) is 1. The normalized spacial score (nSPS) is 19.9. The van der Waals surface area contributed by atoms with Crippen LogP contribution in [0.4, 0.5) is 0 Å². The third-order valence-electron chi connectivity index (χ3n) is 4.76. The minimum atomic E-state index is 0.646. The third kappa shape index (κ3) is 6.58. The lowest BCUT2D eigenvalue weighted by Gasteiger charge is -2.36. The Morgan fingerprint density at radius 1 is 1.10 bits per heavy atom. The van der Waals surface area contributed by atoms with Gasteiger partial charge in [0.25, 0.3) is 0 Å². The van der Waals surface area contributed by atoms with E-state index in [1.165, 1.54) is 51.5 Å². The summed E-state index contributed by atoms with van der Waals surface area (Å²) in [6, 6.07) is 2.23. The maximum absolute atomic E-state index is 3.65. The Morgan fingerprint density at radius 3 is 2.30 bits per heavy atom. The van der Waals surface area contributed by atoms with Gasteiger partial charge in [-0.05, 0) is 65.0 Å². The average Bonchev–Trinajstić information content (AvgIpc) is 2.90. The van der Waals surface area contributed by atoms with Crippen molar-refractivity contribution in [2.24, 2.45) is 5.92 Å². The topological polar surface area (TPSA) is 15.3 Å². The first-order valence-corrected chi connectivity index (χ1v) is 9.03. The molecule has 1 aliphatic rings. The highest BCUT2D eigenvalue weighted by molar-refractivity contribution is 4.83. The molecule has 0 bridgehead atoms. The lowest BCUT2D eigenvalue weighted by atomic mass is 10.0. The van der Waals surface area contributed by atoms with E-state index < -0.39 is 0 Å². The van der Waals surface area contributed by atoms with Crippen molar-refractivity contribution in [2.75, 3.05) is 13.1 Å². The highest BCUT2D eigenvalue weighted by Gasteiger charge is 2.26. The van der Waals surface area contributed by atoms with E-state index in [2.05, 4.69) is 44.8 Å². The van der Waals surface area contributed by atoms with Gasteiger partial charge < -0.3 is 5.32 Å². The van der Waals surface area contributed by atoms with Crippen LogP contribution in [0.1, 0.15) is 79.6 Å². The Morgan fingerprint density at radius 2 is 1.75 bits per heavy atom. The van der Waals surface area contributed by atoms with Crippen LogP contribution in [0, 0.1) is 5.92 Å². The minimum absolute atomic E-state index is 0.646. The predicted molar refractivity (Wildman–Crippen MR) is 90.3 cm³/mol. The molecule has 0 aromatic heterocycles. The molecule has 2 nitrogen and oxygen atoms in total. The molecule has 120 valence electrons. The predicted octanol–water partition coefficient (Wildman–Crippen LogP) is 4.44. The van der Waals surface area contributed by atoms with Gasteiger partial charge in [-0.15, -0.1) is 0 Å². The average molecular weight is 283 g/mol. The molecule has 0 amide bonds. The minimum Gasteiger partial charge on any atom is -0.314 e. The van der Waals surface area contributed by atoms with E-state index in [1.54, 1.807) is 0 Å². The fourth-order valence-corrected chi connectivity index (χ4v) is 3.53. The molecule has 0 saturated heterocycles. The van der Waals surface area contributed by atoms with Crippen LogP contribution < -0.4 is 5.32 Å². The van der Waals surface area contributed by atoms with Gasteiger partial charge in [0.15, 0.2) is 0 Å². The molecule has 2 unspecified atom stereocenters. The smallest absolute Gasteiger partial charge is 0.00980 e. The highest BCUT2D eigenvalue weighted by Crippen LogP contribution is 2.27. The summed E-state index contributed by atoms with van der Waals surface area (Å²) in [5.41, 5.74) is 0. The molecule has 0 aromatic carbocycles. The Labute approximate surface area is 127 Å². The fourth-order valence-electron chi connectivity index (χ4n) is 3.53. The van der Waals surface area contributed by atoms with Crippen LogP contribution in [0.3, 0.4) is 0 Å². The maximum atomic E-state index is 3.65. The van der Waals surface area contributed by atoms with Crippen molar-refractivity contribution < 1.29 is 0 Å². The molecule has 2 heteroatoms. The van der Waals surface area contributed by atoms with Gasteiger partial charge in [0.2, 0.25) is 0 Å². The molecule has 0 aromatic rings. The summed E-state index contributed by atoms with van der Waals surface area (Å²) in [6.45, 7) is 14.2. The van der Waals surface area contributed by atoms with Crippen molar-refractivity contribution in [3.8, 4) is 0 Å². The van der Waals surface area contributed by atoms with Crippen molar-refractivity contribution in [3.63, 3.8) is 0 Å². The zero-order valence-electron chi connectivity index (χ0n) is 14.6. The van der Waals surface area contributed by atoms with Gasteiger partial charge in [-0.3, -0.25) is 4.90 Å². The van der Waals surface area contributed by atoms with Crippen LogP contribution in [0.25, 0.3) is 0 Å². The standard InChI is InChI=1S/C18H38N2/c1-6-12-19-16(4)14-17(5)20(13-11-15(2)3)18-9-7-8-10-18/h15-19H,6-14H2,1-5H3. The van der Waals surface area contributed by atoms with E-state index in [0.29, 0.717) is 6.04 Å². The van der Waals surface area contributed by atoms with Gasteiger partial charge in [0.05, 0.1) is 0 Å². The van der Waals surface area contributed by atoms with E-state index in [4.69, 9.17) is 0 Å². The first-order chi connectivity index (χ1) is 9.54. The van der Waals surface area contributed by atoms with E-state index in [9.17, 15) is 0 Å². The van der Waals surface area contributed by atoms with Gasteiger partial charge in [-0.2, -0.15) is 0 Å². The Kier molecular flexibility index (Phi) is 8.79. The van der Waals surface area contributed by atoms with Crippen molar-refractivity contribution in [1.29, 1.82) is 0 Å². The first kappa shape index (κ1) is 18.0. The highest BCUT2D eigenvalue weighted by atomic mass is 15.2. The lowest BCUT2D eigenvalue weighted by Crippen LogP contribution is -2.44. The summed E-state index contributed by atoms with van der Waals surface area (Å²) in [5, 5.41) is 3.65. The number of rotatable bonds is 10. The van der Waals surface area contributed by atoms with E-state index in [-0.39, 0.29) is 0 Å². The van der Waals surface area contributed by atoms with E-state index in [0.717, 1.165) is 24.5 Å². The molecule has 0 aliphatic heterocycles. The van der Waals surface area contributed by atoms with Gasteiger partial charge >= 0.3 is 0 Å². The van der Waals surface area contributed by atoms with Crippen molar-refractivity contribution in [2.45, 2.75) is 97.7 Å². The molecule has 1 saturated carbocycles. The van der Waals surface area contributed by atoms with Crippen molar-refractivity contribution in [1.82, 2.24) is 10.2 Å². The molecule has 1 rings (SSSR count). The molecule has 1 fully saturated rings. The molecule has 1 aliphatic carbocycles. The third-order valence-corrected chi connectivity index (χ3v) is 4.76. The van der Waals surface area contributed by atoms with Crippen LogP contribution in [0.15, 0.2) is 0 Å². The summed E-state index contributed by atoms with van der Waals surface area (Å²) < 4.78 is 0. The summed E-state index contributed by atoms with van der Waals surface area (Å²) in [6.07, 6.45) is 9.61. The van der Waals surface area contributed by atoms with Crippen LogP contribution in [-0.2, 0) is 0 Å². The van der Waals surface area contributed by atoms with Gasteiger partial charge in [-0.1, -0.05) is 33.6 Å². The molecule has 0 spiro atoms. The summed E-state index contributed by atoms with van der Waals surface area (Å²) in [7, 11) is 0. The molecule has 0 heterocycles. The van der Waals surface area contributed by atoms with Crippen molar-refractivity contribution >= 4 is 0 Å². The largest absolute Gasteiger partial charge is 0.314 e.